The van der Waals surface area contributed by atoms with Crippen molar-refractivity contribution in [3.63, 3.8) is 0 Å². The largest absolute Gasteiger partial charge is 2.00 e. The summed E-state index contributed by atoms with van der Waals surface area (Å²) in [7, 11) is 0. The first-order valence-corrected chi connectivity index (χ1v) is 0. The van der Waals surface area contributed by atoms with Gasteiger partial charge in [-0.25, -0.2) is 0 Å². The van der Waals surface area contributed by atoms with E-state index in [0.29, 0.717) is 0 Å². The maximum Gasteiger partial charge on any atom is 2.00 e. The van der Waals surface area contributed by atoms with Crippen LogP contribution < -0.4 is 24.8 Å². The third kappa shape index (κ3) is 9.96. The zero-order valence-corrected chi connectivity index (χ0v) is 4.97. The van der Waals surface area contributed by atoms with Gasteiger partial charge >= 0.3 is 23.1 Å². The third-order valence-electron chi connectivity index (χ3n) is 0. The van der Waals surface area contributed by atoms with E-state index < -0.39 is 0 Å². The summed E-state index contributed by atoms with van der Waals surface area (Å²) in [5.41, 5.74) is 0. The van der Waals surface area contributed by atoms with Crippen molar-refractivity contribution in [2.75, 3.05) is 0 Å². The van der Waals surface area contributed by atoms with Gasteiger partial charge in [0.05, 0.1) is 0 Å². The Morgan fingerprint density at radius 2 is 0.750 bits per heavy atom. The SMILES string of the molecule is [B].[Cl-].[Cl-].[Mg+2]. The molecule has 0 aromatic rings. The maximum atomic E-state index is 0. The van der Waals surface area contributed by atoms with Crippen LogP contribution in [0.15, 0.2) is 0 Å². The van der Waals surface area contributed by atoms with Crippen LogP contribution >= 0.6 is 0 Å². The molecule has 0 bridgehead atoms. The second-order valence-electron chi connectivity index (χ2n) is 0. The molecular weight excluding hydrogens is 106 g/mol. The Balaban J connectivity index is 0. The molecule has 0 atom stereocenters. The first-order chi connectivity index (χ1) is 0. The van der Waals surface area contributed by atoms with Crippen molar-refractivity contribution in [2.24, 2.45) is 0 Å². The van der Waals surface area contributed by atoms with E-state index in [-0.39, 0.29) is 56.3 Å². The molecule has 0 N–H and O–H groups in total. The smallest absolute Gasteiger partial charge is 1.00 e. The molecule has 0 amide bonds. The molecule has 0 aliphatic rings. The molecule has 0 aliphatic heterocycles. The Morgan fingerprint density at radius 3 is 0.750 bits per heavy atom. The van der Waals surface area contributed by atoms with Crippen LogP contribution in [0.2, 0.25) is 0 Å². The Labute approximate surface area is 56.3 Å². The summed E-state index contributed by atoms with van der Waals surface area (Å²) in [6, 6.07) is 0. The van der Waals surface area contributed by atoms with Gasteiger partial charge in [-0.1, -0.05) is 0 Å². The summed E-state index contributed by atoms with van der Waals surface area (Å²) in [4.78, 5) is 0. The molecule has 0 saturated heterocycles. The molecule has 0 nitrogen and oxygen atoms in total. The van der Waals surface area contributed by atoms with Crippen LogP contribution in [0.3, 0.4) is 0 Å². The monoisotopic (exact) mass is 105 g/mol. The van der Waals surface area contributed by atoms with Gasteiger partial charge in [0.2, 0.25) is 0 Å². The second-order valence-corrected chi connectivity index (χ2v) is 0. The van der Waals surface area contributed by atoms with Gasteiger partial charge in [0.25, 0.3) is 0 Å². The summed E-state index contributed by atoms with van der Waals surface area (Å²) in [5.74, 6) is 0. The fraction of sp³-hybridized carbons (Fsp3) is 0. The molecule has 0 aromatic carbocycles. The number of halogens is 2. The molecule has 0 saturated carbocycles. The van der Waals surface area contributed by atoms with E-state index >= 15 is 0 Å². The van der Waals surface area contributed by atoms with Crippen molar-refractivity contribution in [1.29, 1.82) is 0 Å². The fourth-order valence-corrected chi connectivity index (χ4v) is 0. The molecule has 0 fully saturated rings. The van der Waals surface area contributed by atoms with E-state index in [1.165, 1.54) is 0 Å². The van der Waals surface area contributed by atoms with Crippen LogP contribution in [0, 0.1) is 0 Å². The van der Waals surface area contributed by atoms with Crippen LogP contribution in [0.5, 0.6) is 0 Å². The topological polar surface area (TPSA) is 0 Å². The van der Waals surface area contributed by atoms with Crippen LogP contribution in [0.1, 0.15) is 0 Å². The Morgan fingerprint density at radius 1 is 0.750 bits per heavy atom. The molecule has 4 heteroatoms. The molecule has 0 unspecified atom stereocenters. The van der Waals surface area contributed by atoms with Crippen molar-refractivity contribution >= 4 is 31.5 Å². The minimum Gasteiger partial charge on any atom is -1.00 e. The Bertz CT molecular complexity index is 6.00. The van der Waals surface area contributed by atoms with Gasteiger partial charge in [-0.05, 0) is 0 Å². The standard InChI is InChI=1S/B.2ClH.Mg/h;2*1H;/q;;;+2/p-2. The molecule has 4 heavy (non-hydrogen) atoms. The predicted octanol–water partition coefficient (Wildman–Crippen LogP) is -6.75. The molecule has 19 valence electrons. The summed E-state index contributed by atoms with van der Waals surface area (Å²) < 4.78 is 0. The molecule has 0 rings (SSSR count). The summed E-state index contributed by atoms with van der Waals surface area (Å²) in [6.07, 6.45) is 0. The molecule has 3 radical (unpaired) electrons. The predicted molar refractivity (Wildman–Crippen MR) is 11.5 cm³/mol. The van der Waals surface area contributed by atoms with E-state index in [9.17, 15) is 0 Å². The van der Waals surface area contributed by atoms with Crippen molar-refractivity contribution in [1.82, 2.24) is 0 Å². The average Bonchev–Trinajstić information content (AvgIpc) is 0. The maximum absolute atomic E-state index is 0. The van der Waals surface area contributed by atoms with Gasteiger partial charge in [0.1, 0.15) is 0 Å². The van der Waals surface area contributed by atoms with E-state index in [4.69, 9.17) is 0 Å². The minimum absolute atomic E-state index is 0. The van der Waals surface area contributed by atoms with Gasteiger partial charge in [-0.15, -0.1) is 0 Å². The third-order valence-corrected chi connectivity index (χ3v) is 0. The molecular formula is BCl2Mg. The van der Waals surface area contributed by atoms with Gasteiger partial charge < -0.3 is 24.8 Å². The van der Waals surface area contributed by atoms with Crippen molar-refractivity contribution in [3.8, 4) is 0 Å². The fourth-order valence-electron chi connectivity index (χ4n) is 0. The normalized spacial score (nSPS) is 0. The van der Waals surface area contributed by atoms with Gasteiger partial charge in [0, 0.05) is 8.41 Å². The number of rotatable bonds is 0. The molecule has 0 aromatic heterocycles. The Hall–Kier alpha value is 1.41. The first kappa shape index (κ1) is 52.9. The van der Waals surface area contributed by atoms with Crippen LogP contribution in [0.4, 0.5) is 0 Å². The van der Waals surface area contributed by atoms with E-state index in [0.717, 1.165) is 0 Å². The zero-order valence-electron chi connectivity index (χ0n) is 2.04. The molecule has 0 aliphatic carbocycles. The van der Waals surface area contributed by atoms with Crippen molar-refractivity contribution in [3.05, 3.63) is 0 Å². The summed E-state index contributed by atoms with van der Waals surface area (Å²) in [5, 5.41) is 0. The van der Waals surface area contributed by atoms with Crippen LogP contribution in [-0.2, 0) is 0 Å². The quantitative estimate of drug-likeness (QED) is 0.269. The van der Waals surface area contributed by atoms with Crippen molar-refractivity contribution < 1.29 is 24.8 Å². The zero-order chi connectivity index (χ0) is 0. The van der Waals surface area contributed by atoms with Gasteiger partial charge in [0.15, 0.2) is 0 Å². The van der Waals surface area contributed by atoms with Gasteiger partial charge in [-0.3, -0.25) is 0 Å². The van der Waals surface area contributed by atoms with E-state index in [2.05, 4.69) is 0 Å². The second kappa shape index (κ2) is 25.8. The Kier molecular flexibility index (Phi) is 341. The summed E-state index contributed by atoms with van der Waals surface area (Å²) >= 11 is 0. The van der Waals surface area contributed by atoms with E-state index in [1.54, 1.807) is 0 Å². The average molecular weight is 106 g/mol. The molecule has 0 heterocycles. The summed E-state index contributed by atoms with van der Waals surface area (Å²) in [6.45, 7) is 0. The molecule has 0 spiro atoms. The van der Waals surface area contributed by atoms with Crippen LogP contribution in [0.25, 0.3) is 0 Å². The minimum atomic E-state index is 0. The van der Waals surface area contributed by atoms with E-state index in [1.807, 2.05) is 0 Å². The number of hydrogen-bond donors (Lipinski definition) is 0. The van der Waals surface area contributed by atoms with Crippen molar-refractivity contribution in [2.45, 2.75) is 0 Å². The van der Waals surface area contributed by atoms with Crippen LogP contribution in [-0.4, -0.2) is 31.5 Å². The van der Waals surface area contributed by atoms with Gasteiger partial charge in [-0.2, -0.15) is 0 Å². The number of hydrogen-bond acceptors (Lipinski definition) is 0. The first-order valence-electron chi connectivity index (χ1n) is 0.